The number of rotatable bonds is 11. The minimum atomic E-state index is -1.45. The van der Waals surface area contributed by atoms with Crippen LogP contribution in [0.25, 0.3) is 10.9 Å². The van der Waals surface area contributed by atoms with Gasteiger partial charge in [-0.3, -0.25) is 19.9 Å². The fourth-order valence-electron chi connectivity index (χ4n) is 5.30. The molecule has 0 bridgehead atoms. The second-order valence-electron chi connectivity index (χ2n) is 9.90. The topological polar surface area (TPSA) is 110 Å². The number of aromatic nitrogens is 1. The van der Waals surface area contributed by atoms with Crippen molar-refractivity contribution in [3.8, 4) is 11.5 Å². The molecule has 12 heteroatoms. The molecule has 3 aromatic rings. The van der Waals surface area contributed by atoms with Gasteiger partial charge >= 0.3 is 0 Å². The average Bonchev–Trinajstić information content (AvgIpc) is 2.96. The Labute approximate surface area is 229 Å². The molecule has 1 saturated heterocycles. The second-order valence-corrected chi connectivity index (χ2v) is 9.90. The average molecular weight is 565 g/mol. The van der Waals surface area contributed by atoms with Gasteiger partial charge in [-0.2, -0.15) is 0 Å². The number of halogens is 4. The van der Waals surface area contributed by atoms with Gasteiger partial charge in [-0.15, -0.1) is 0 Å². The molecule has 1 aliphatic rings. The summed E-state index contributed by atoms with van der Waals surface area (Å²) in [4.78, 5) is 19.1. The van der Waals surface area contributed by atoms with Crippen molar-refractivity contribution in [1.82, 2.24) is 15.4 Å². The van der Waals surface area contributed by atoms with E-state index < -0.39 is 40.7 Å². The lowest BCUT2D eigenvalue weighted by molar-refractivity contribution is -0.143. The number of carbonyl (C=O) groups excluding carboxylic acids is 1. The molecule has 1 aromatic heterocycles. The predicted octanol–water partition coefficient (Wildman–Crippen LogP) is 4.58. The van der Waals surface area contributed by atoms with E-state index in [9.17, 15) is 23.2 Å². The zero-order valence-electron chi connectivity index (χ0n) is 22.1. The third kappa shape index (κ3) is 6.29. The van der Waals surface area contributed by atoms with E-state index in [0.717, 1.165) is 0 Å². The molecule has 1 atom stereocenters. The normalized spacial score (nSPS) is 16.1. The number of hydrogen-bond acceptors (Lipinski definition) is 7. The summed E-state index contributed by atoms with van der Waals surface area (Å²) in [6, 6.07) is 6.27. The highest BCUT2D eigenvalue weighted by Gasteiger charge is 2.41. The number of piperidine rings is 1. The molecular weight excluding hydrogens is 532 g/mol. The van der Waals surface area contributed by atoms with Crippen LogP contribution in [0.1, 0.15) is 43.0 Å². The van der Waals surface area contributed by atoms with Gasteiger partial charge in [-0.05, 0) is 62.5 Å². The molecule has 216 valence electrons. The number of likely N-dealkylation sites (tertiary alicyclic amines) is 1. The maximum absolute atomic E-state index is 15.9. The van der Waals surface area contributed by atoms with Crippen LogP contribution in [-0.4, -0.2) is 54.3 Å². The number of fused-ring (bicyclic) bond motifs is 1. The Kier molecular flexibility index (Phi) is 9.44. The monoisotopic (exact) mass is 564 g/mol. The first kappa shape index (κ1) is 29.5. The zero-order chi connectivity index (χ0) is 28.9. The highest BCUT2D eigenvalue weighted by molar-refractivity contribution is 5.85. The van der Waals surface area contributed by atoms with Crippen molar-refractivity contribution in [2.45, 2.75) is 38.4 Å². The minimum Gasteiger partial charge on any atom is -0.497 e. The third-order valence-corrected chi connectivity index (χ3v) is 7.62. The van der Waals surface area contributed by atoms with Crippen molar-refractivity contribution in [2.75, 3.05) is 33.4 Å². The van der Waals surface area contributed by atoms with Crippen LogP contribution in [-0.2, 0) is 11.3 Å². The first-order valence-electron chi connectivity index (χ1n) is 12.9. The molecule has 0 unspecified atom stereocenters. The standard InChI is InChI=1S/C28H32F4N4O4/c1-39-19-2-3-24-20(14-19)25(17(15-33)16-34-24)21(30)4-5-28(27(37)35-38)6-8-36(9-7-28)10-11-40-26-22(31)12-18(29)13-23(26)32/h2-3,12-14,16,21,38H,4-11,15,33H2,1H3,(H,35,37)/t21-/m1/s1. The molecule has 2 heterocycles. The van der Waals surface area contributed by atoms with E-state index >= 15 is 4.39 Å². The summed E-state index contributed by atoms with van der Waals surface area (Å²) >= 11 is 0. The summed E-state index contributed by atoms with van der Waals surface area (Å²) in [5.74, 6) is -3.99. The van der Waals surface area contributed by atoms with E-state index in [-0.39, 0.29) is 26.0 Å². The number of benzene rings is 2. The number of amides is 1. The van der Waals surface area contributed by atoms with Crippen LogP contribution in [0.15, 0.2) is 36.5 Å². The van der Waals surface area contributed by atoms with Crippen LogP contribution >= 0.6 is 0 Å². The smallest absolute Gasteiger partial charge is 0.249 e. The molecule has 4 rings (SSSR count). The van der Waals surface area contributed by atoms with Gasteiger partial charge < -0.3 is 15.2 Å². The Morgan fingerprint density at radius 3 is 2.52 bits per heavy atom. The Morgan fingerprint density at radius 2 is 1.90 bits per heavy atom. The number of nitrogens with two attached hydrogens (primary N) is 1. The fraction of sp³-hybridized carbons (Fsp3) is 0.429. The molecule has 2 aromatic carbocycles. The van der Waals surface area contributed by atoms with Gasteiger partial charge in [-0.1, -0.05) is 0 Å². The largest absolute Gasteiger partial charge is 0.497 e. The first-order chi connectivity index (χ1) is 19.2. The Bertz CT molecular complexity index is 1320. The highest BCUT2D eigenvalue weighted by Crippen LogP contribution is 2.41. The van der Waals surface area contributed by atoms with Gasteiger partial charge in [-0.25, -0.2) is 23.0 Å². The van der Waals surface area contributed by atoms with Gasteiger partial charge in [0.05, 0.1) is 18.0 Å². The molecule has 8 nitrogen and oxygen atoms in total. The van der Waals surface area contributed by atoms with E-state index in [0.29, 0.717) is 72.4 Å². The molecule has 40 heavy (non-hydrogen) atoms. The summed E-state index contributed by atoms with van der Waals surface area (Å²) in [6.45, 7) is 1.13. The molecule has 4 N–H and O–H groups in total. The third-order valence-electron chi connectivity index (χ3n) is 7.62. The zero-order valence-corrected chi connectivity index (χ0v) is 22.1. The lowest BCUT2D eigenvalue weighted by Gasteiger charge is -2.40. The van der Waals surface area contributed by atoms with Crippen molar-refractivity contribution in [3.05, 3.63) is 65.1 Å². The Morgan fingerprint density at radius 1 is 1.20 bits per heavy atom. The summed E-state index contributed by atoms with van der Waals surface area (Å²) in [7, 11) is 1.52. The van der Waals surface area contributed by atoms with Crippen molar-refractivity contribution < 1.29 is 37.0 Å². The van der Waals surface area contributed by atoms with Crippen LogP contribution in [0.2, 0.25) is 0 Å². The maximum Gasteiger partial charge on any atom is 0.249 e. The van der Waals surface area contributed by atoms with E-state index in [4.69, 9.17) is 15.2 Å². The van der Waals surface area contributed by atoms with E-state index in [1.54, 1.807) is 29.9 Å². The van der Waals surface area contributed by atoms with Crippen LogP contribution in [0.4, 0.5) is 17.6 Å². The van der Waals surface area contributed by atoms with Gasteiger partial charge in [0.1, 0.15) is 24.3 Å². The van der Waals surface area contributed by atoms with Crippen molar-refractivity contribution in [3.63, 3.8) is 0 Å². The highest BCUT2D eigenvalue weighted by atomic mass is 19.1. The van der Waals surface area contributed by atoms with E-state index in [2.05, 4.69) is 4.98 Å². The number of nitrogens with zero attached hydrogens (tertiary/aromatic N) is 2. The molecule has 0 radical (unpaired) electrons. The van der Waals surface area contributed by atoms with Crippen molar-refractivity contribution in [2.24, 2.45) is 11.1 Å². The molecule has 0 spiro atoms. The van der Waals surface area contributed by atoms with Gasteiger partial charge in [0.2, 0.25) is 5.91 Å². The molecule has 0 aliphatic carbocycles. The van der Waals surface area contributed by atoms with Gasteiger partial charge in [0.15, 0.2) is 17.4 Å². The van der Waals surface area contributed by atoms with Gasteiger partial charge in [0.25, 0.3) is 0 Å². The molecule has 1 aliphatic heterocycles. The summed E-state index contributed by atoms with van der Waals surface area (Å²) < 4.78 is 67.1. The molecule has 1 fully saturated rings. The van der Waals surface area contributed by atoms with Crippen LogP contribution in [0, 0.1) is 22.9 Å². The Hall–Kier alpha value is -3.48. The molecular formula is C28H32F4N4O4. The summed E-state index contributed by atoms with van der Waals surface area (Å²) in [6.07, 6.45) is 0.904. The number of pyridine rings is 1. The number of nitrogens with one attached hydrogen (secondary N) is 1. The fourth-order valence-corrected chi connectivity index (χ4v) is 5.30. The maximum atomic E-state index is 15.9. The number of methoxy groups -OCH3 is 1. The number of ether oxygens (including phenoxy) is 2. The van der Waals surface area contributed by atoms with E-state index in [1.165, 1.54) is 7.11 Å². The summed E-state index contributed by atoms with van der Waals surface area (Å²) in [5.41, 5.74) is 8.16. The Balaban J connectivity index is 1.42. The minimum absolute atomic E-state index is 0.00295. The quantitative estimate of drug-likeness (QED) is 0.178. The van der Waals surface area contributed by atoms with Crippen LogP contribution in [0.5, 0.6) is 11.5 Å². The van der Waals surface area contributed by atoms with Crippen molar-refractivity contribution >= 4 is 16.8 Å². The predicted molar refractivity (Wildman–Crippen MR) is 139 cm³/mol. The number of hydrogen-bond donors (Lipinski definition) is 3. The molecule has 0 saturated carbocycles. The van der Waals surface area contributed by atoms with Gasteiger partial charge in [0, 0.05) is 42.4 Å². The number of alkyl halides is 1. The second kappa shape index (κ2) is 12.8. The first-order valence-corrected chi connectivity index (χ1v) is 12.9. The van der Waals surface area contributed by atoms with Crippen LogP contribution < -0.4 is 20.7 Å². The SMILES string of the molecule is COc1ccc2ncc(CN)c([C@H](F)CCC3(C(=O)NO)CCN(CCOc4c(F)cc(F)cc4F)CC3)c2c1. The number of hydroxylamine groups is 1. The summed E-state index contributed by atoms with van der Waals surface area (Å²) in [5, 5.41) is 10.0. The lowest BCUT2D eigenvalue weighted by Crippen LogP contribution is -2.49. The van der Waals surface area contributed by atoms with Crippen molar-refractivity contribution in [1.29, 1.82) is 0 Å². The number of carbonyl (C=O) groups is 1. The molecule has 1 amide bonds. The van der Waals surface area contributed by atoms with Crippen LogP contribution in [0.3, 0.4) is 0 Å². The van der Waals surface area contributed by atoms with E-state index in [1.807, 2.05) is 4.90 Å². The lowest BCUT2D eigenvalue weighted by atomic mass is 9.73.